The Balaban J connectivity index is 1.77. The Morgan fingerprint density at radius 2 is 1.95 bits per heavy atom. The van der Waals surface area contributed by atoms with E-state index in [9.17, 15) is 4.79 Å². The van der Waals surface area contributed by atoms with Crippen LogP contribution in [-0.2, 0) is 11.2 Å². The number of ether oxygens (including phenoxy) is 1. The van der Waals surface area contributed by atoms with Crippen LogP contribution < -0.4 is 15.4 Å². The molecule has 20 heavy (non-hydrogen) atoms. The molecule has 0 aliphatic heterocycles. The van der Waals surface area contributed by atoms with Crippen molar-refractivity contribution in [1.29, 1.82) is 0 Å². The number of methoxy groups -OCH3 is 1. The van der Waals surface area contributed by atoms with E-state index in [-0.39, 0.29) is 18.0 Å². The van der Waals surface area contributed by atoms with Crippen LogP contribution >= 0.6 is 0 Å². The zero-order chi connectivity index (χ0) is 14.5. The molecule has 1 aromatic rings. The average Bonchev–Trinajstić information content (AvgIpc) is 3.23. The Bertz CT molecular complexity index is 440. The lowest BCUT2D eigenvalue weighted by Crippen LogP contribution is -2.46. The van der Waals surface area contributed by atoms with Crippen LogP contribution in [0.5, 0.6) is 5.75 Å². The summed E-state index contributed by atoms with van der Waals surface area (Å²) in [5.41, 5.74) is 1.24. The number of hydrogen-bond donors (Lipinski definition) is 2. The summed E-state index contributed by atoms with van der Waals surface area (Å²) in [6.07, 6.45) is 3.14. The zero-order valence-corrected chi connectivity index (χ0v) is 12.5. The van der Waals surface area contributed by atoms with Gasteiger partial charge in [0.05, 0.1) is 13.2 Å². The minimum absolute atomic E-state index is 0.106. The fourth-order valence-corrected chi connectivity index (χ4v) is 2.23. The van der Waals surface area contributed by atoms with E-state index in [2.05, 4.69) is 29.7 Å². The van der Waals surface area contributed by atoms with Crippen molar-refractivity contribution in [2.24, 2.45) is 0 Å². The van der Waals surface area contributed by atoms with Crippen LogP contribution in [0.25, 0.3) is 0 Å². The Kier molecular flexibility index (Phi) is 5.01. The molecule has 1 fully saturated rings. The number of carbonyl (C=O) groups is 1. The van der Waals surface area contributed by atoms with E-state index in [1.165, 1.54) is 5.56 Å². The maximum absolute atomic E-state index is 11.9. The number of rotatable bonds is 7. The third-order valence-electron chi connectivity index (χ3n) is 3.55. The van der Waals surface area contributed by atoms with E-state index in [0.717, 1.165) is 25.0 Å². The summed E-state index contributed by atoms with van der Waals surface area (Å²) < 4.78 is 5.14. The SMILES string of the molecule is COc1ccc(CC(C)NC(C)C(=O)NC2CC2)cc1. The quantitative estimate of drug-likeness (QED) is 0.799. The summed E-state index contributed by atoms with van der Waals surface area (Å²) in [4.78, 5) is 11.9. The van der Waals surface area contributed by atoms with Crippen LogP contribution in [0.2, 0.25) is 0 Å². The van der Waals surface area contributed by atoms with Crippen LogP contribution in [0.15, 0.2) is 24.3 Å². The zero-order valence-electron chi connectivity index (χ0n) is 12.5. The highest BCUT2D eigenvalue weighted by Gasteiger charge is 2.25. The van der Waals surface area contributed by atoms with Crippen LogP contribution in [-0.4, -0.2) is 31.1 Å². The maximum atomic E-state index is 11.9. The van der Waals surface area contributed by atoms with E-state index in [1.54, 1.807) is 7.11 Å². The number of benzene rings is 1. The van der Waals surface area contributed by atoms with Gasteiger partial charge in [0, 0.05) is 12.1 Å². The summed E-state index contributed by atoms with van der Waals surface area (Å²) in [5.74, 6) is 0.973. The van der Waals surface area contributed by atoms with Gasteiger partial charge in [-0.2, -0.15) is 0 Å². The molecule has 2 N–H and O–H groups in total. The first-order chi connectivity index (χ1) is 9.58. The molecule has 1 amide bonds. The van der Waals surface area contributed by atoms with Crippen molar-refractivity contribution < 1.29 is 9.53 Å². The minimum Gasteiger partial charge on any atom is -0.497 e. The number of amides is 1. The molecule has 1 aromatic carbocycles. The van der Waals surface area contributed by atoms with Gasteiger partial charge in [-0.3, -0.25) is 4.79 Å². The van der Waals surface area contributed by atoms with Gasteiger partial charge in [0.25, 0.3) is 0 Å². The molecular weight excluding hydrogens is 252 g/mol. The van der Waals surface area contributed by atoms with Crippen molar-refractivity contribution >= 4 is 5.91 Å². The van der Waals surface area contributed by atoms with Crippen LogP contribution in [0.3, 0.4) is 0 Å². The second-order valence-corrected chi connectivity index (χ2v) is 5.62. The van der Waals surface area contributed by atoms with Gasteiger partial charge < -0.3 is 15.4 Å². The van der Waals surface area contributed by atoms with Crippen molar-refractivity contribution in [2.45, 2.75) is 51.2 Å². The topological polar surface area (TPSA) is 50.4 Å². The predicted octanol–water partition coefficient (Wildman–Crippen LogP) is 1.88. The normalized spacial score (nSPS) is 17.4. The maximum Gasteiger partial charge on any atom is 0.237 e. The van der Waals surface area contributed by atoms with Crippen molar-refractivity contribution in [1.82, 2.24) is 10.6 Å². The van der Waals surface area contributed by atoms with Crippen LogP contribution in [0.1, 0.15) is 32.3 Å². The van der Waals surface area contributed by atoms with Gasteiger partial charge in [0.2, 0.25) is 5.91 Å². The number of nitrogens with one attached hydrogen (secondary N) is 2. The molecule has 2 unspecified atom stereocenters. The molecule has 0 heterocycles. The fourth-order valence-electron chi connectivity index (χ4n) is 2.23. The second-order valence-electron chi connectivity index (χ2n) is 5.62. The highest BCUT2D eigenvalue weighted by atomic mass is 16.5. The summed E-state index contributed by atoms with van der Waals surface area (Å²) in [7, 11) is 1.67. The van der Waals surface area contributed by atoms with E-state index in [0.29, 0.717) is 6.04 Å². The van der Waals surface area contributed by atoms with Gasteiger partial charge in [0.1, 0.15) is 5.75 Å². The van der Waals surface area contributed by atoms with Crippen molar-refractivity contribution in [3.63, 3.8) is 0 Å². The number of hydrogen-bond acceptors (Lipinski definition) is 3. The van der Waals surface area contributed by atoms with Gasteiger partial charge in [-0.25, -0.2) is 0 Å². The highest BCUT2D eigenvalue weighted by molar-refractivity contribution is 5.81. The van der Waals surface area contributed by atoms with Gasteiger partial charge in [-0.15, -0.1) is 0 Å². The first kappa shape index (κ1) is 14.9. The van der Waals surface area contributed by atoms with Crippen LogP contribution in [0.4, 0.5) is 0 Å². The van der Waals surface area contributed by atoms with Gasteiger partial charge in [-0.05, 0) is 50.8 Å². The predicted molar refractivity (Wildman–Crippen MR) is 79.9 cm³/mol. The molecule has 110 valence electrons. The molecule has 1 saturated carbocycles. The molecule has 2 rings (SSSR count). The van der Waals surface area contributed by atoms with Gasteiger partial charge >= 0.3 is 0 Å². The average molecular weight is 276 g/mol. The first-order valence-electron chi connectivity index (χ1n) is 7.28. The third-order valence-corrected chi connectivity index (χ3v) is 3.55. The lowest BCUT2D eigenvalue weighted by Gasteiger charge is -2.19. The lowest BCUT2D eigenvalue weighted by atomic mass is 10.1. The van der Waals surface area contributed by atoms with Gasteiger partial charge in [0.15, 0.2) is 0 Å². The van der Waals surface area contributed by atoms with E-state index in [1.807, 2.05) is 19.1 Å². The molecule has 1 aliphatic rings. The smallest absolute Gasteiger partial charge is 0.237 e. The first-order valence-corrected chi connectivity index (χ1v) is 7.28. The monoisotopic (exact) mass is 276 g/mol. The summed E-state index contributed by atoms with van der Waals surface area (Å²) in [6, 6.07) is 8.57. The Labute approximate surface area is 120 Å². The van der Waals surface area contributed by atoms with Gasteiger partial charge in [-0.1, -0.05) is 12.1 Å². The summed E-state index contributed by atoms with van der Waals surface area (Å²) in [5, 5.41) is 6.37. The molecule has 4 nitrogen and oxygen atoms in total. The lowest BCUT2D eigenvalue weighted by molar-refractivity contribution is -0.123. The third kappa shape index (κ3) is 4.53. The Morgan fingerprint density at radius 3 is 2.50 bits per heavy atom. The van der Waals surface area contributed by atoms with E-state index in [4.69, 9.17) is 4.74 Å². The molecule has 0 bridgehead atoms. The van der Waals surface area contributed by atoms with E-state index >= 15 is 0 Å². The van der Waals surface area contributed by atoms with Crippen LogP contribution in [0, 0.1) is 0 Å². The largest absolute Gasteiger partial charge is 0.497 e. The summed E-state index contributed by atoms with van der Waals surface area (Å²) >= 11 is 0. The highest BCUT2D eigenvalue weighted by Crippen LogP contribution is 2.18. The fraction of sp³-hybridized carbons (Fsp3) is 0.562. The van der Waals surface area contributed by atoms with Crippen molar-refractivity contribution in [3.8, 4) is 5.75 Å². The molecule has 0 spiro atoms. The number of carbonyl (C=O) groups excluding carboxylic acids is 1. The standard InChI is InChI=1S/C16H24N2O2/c1-11(10-13-4-8-15(20-3)9-5-13)17-12(2)16(19)18-14-6-7-14/h4-5,8-9,11-12,14,17H,6-7,10H2,1-3H3,(H,18,19). The Morgan fingerprint density at radius 1 is 1.30 bits per heavy atom. The molecular formula is C16H24N2O2. The summed E-state index contributed by atoms with van der Waals surface area (Å²) in [6.45, 7) is 4.02. The Hall–Kier alpha value is -1.55. The van der Waals surface area contributed by atoms with Crippen molar-refractivity contribution in [2.75, 3.05) is 7.11 Å². The molecule has 0 saturated heterocycles. The minimum atomic E-state index is -0.149. The molecule has 0 aromatic heterocycles. The molecule has 1 aliphatic carbocycles. The molecule has 2 atom stereocenters. The molecule has 0 radical (unpaired) electrons. The molecule has 4 heteroatoms. The van der Waals surface area contributed by atoms with Crippen molar-refractivity contribution in [3.05, 3.63) is 29.8 Å². The second kappa shape index (κ2) is 6.75. The van der Waals surface area contributed by atoms with E-state index < -0.39 is 0 Å².